The lowest BCUT2D eigenvalue weighted by atomic mass is 9.66. The Kier molecular flexibility index (Phi) is 4.71. The van der Waals surface area contributed by atoms with E-state index in [2.05, 4.69) is 12.2 Å². The molecule has 0 atom stereocenters. The van der Waals surface area contributed by atoms with Crippen molar-refractivity contribution in [1.29, 1.82) is 0 Å². The van der Waals surface area contributed by atoms with Crippen molar-refractivity contribution in [3.63, 3.8) is 0 Å². The minimum Gasteiger partial charge on any atom is -0.481 e. The van der Waals surface area contributed by atoms with Crippen molar-refractivity contribution >= 4 is 11.9 Å². The molecule has 0 aromatic rings. The predicted molar refractivity (Wildman–Crippen MR) is 77.4 cm³/mol. The van der Waals surface area contributed by atoms with Gasteiger partial charge >= 0.3 is 5.97 Å². The summed E-state index contributed by atoms with van der Waals surface area (Å²) in [7, 11) is 0. The van der Waals surface area contributed by atoms with Gasteiger partial charge in [-0.25, -0.2) is 0 Å². The number of nitrogens with one attached hydrogen (secondary N) is 1. The lowest BCUT2D eigenvalue weighted by Gasteiger charge is -2.37. The molecule has 2 aliphatic rings. The molecule has 114 valence electrons. The van der Waals surface area contributed by atoms with E-state index in [9.17, 15) is 14.7 Å². The molecule has 0 spiro atoms. The van der Waals surface area contributed by atoms with E-state index < -0.39 is 11.4 Å². The molecule has 20 heavy (non-hydrogen) atoms. The van der Waals surface area contributed by atoms with Gasteiger partial charge in [0, 0.05) is 13.0 Å². The van der Waals surface area contributed by atoms with Crippen molar-refractivity contribution in [2.45, 2.75) is 71.1 Å². The summed E-state index contributed by atoms with van der Waals surface area (Å²) in [6.45, 7) is 2.94. The molecule has 0 bridgehead atoms. The number of aliphatic carboxylic acids is 1. The van der Waals surface area contributed by atoms with Gasteiger partial charge in [-0.3, -0.25) is 9.59 Å². The molecule has 0 aliphatic heterocycles. The Morgan fingerprint density at radius 3 is 2.05 bits per heavy atom. The predicted octanol–water partition coefficient (Wildman–Crippen LogP) is 3.11. The number of carboxylic acid groups (broad SMARTS) is 1. The standard InChI is InChI=1S/C16H27NO3/c1-15(7-4-2-3-5-8-15)12-17-13(18)11-16(14(19)20)9-6-10-16/h2-12H2,1H3,(H,17,18)(H,19,20). The third-order valence-electron chi connectivity index (χ3n) is 5.29. The Morgan fingerprint density at radius 2 is 1.60 bits per heavy atom. The largest absolute Gasteiger partial charge is 0.481 e. The highest BCUT2D eigenvalue weighted by atomic mass is 16.4. The molecule has 2 saturated carbocycles. The zero-order chi connectivity index (χ0) is 14.6. The summed E-state index contributed by atoms with van der Waals surface area (Å²) in [5.41, 5.74) is -0.573. The maximum absolute atomic E-state index is 12.1. The molecule has 1 amide bonds. The van der Waals surface area contributed by atoms with E-state index in [0.717, 1.165) is 19.3 Å². The molecule has 2 rings (SSSR count). The SMILES string of the molecule is CC1(CNC(=O)CC2(C(=O)O)CCC2)CCCCCC1. The van der Waals surface area contributed by atoms with Crippen LogP contribution in [0.5, 0.6) is 0 Å². The van der Waals surface area contributed by atoms with Crippen LogP contribution in [0.1, 0.15) is 71.1 Å². The third kappa shape index (κ3) is 3.53. The number of amides is 1. The van der Waals surface area contributed by atoms with Gasteiger partial charge in [0.2, 0.25) is 5.91 Å². The summed E-state index contributed by atoms with van der Waals surface area (Å²) in [5, 5.41) is 12.3. The van der Waals surface area contributed by atoms with Gasteiger partial charge in [-0.2, -0.15) is 0 Å². The third-order valence-corrected chi connectivity index (χ3v) is 5.29. The van der Waals surface area contributed by atoms with Crippen LogP contribution < -0.4 is 5.32 Å². The molecule has 0 unspecified atom stereocenters. The molecule has 4 heteroatoms. The van der Waals surface area contributed by atoms with E-state index in [4.69, 9.17) is 0 Å². The fourth-order valence-corrected chi connectivity index (χ4v) is 3.51. The first-order valence-corrected chi connectivity index (χ1v) is 7.96. The topological polar surface area (TPSA) is 66.4 Å². The van der Waals surface area contributed by atoms with E-state index in [-0.39, 0.29) is 17.7 Å². The van der Waals surface area contributed by atoms with Gasteiger partial charge in [0.15, 0.2) is 0 Å². The Morgan fingerprint density at radius 1 is 1.00 bits per heavy atom. The van der Waals surface area contributed by atoms with Crippen LogP contribution in [0.25, 0.3) is 0 Å². The second kappa shape index (κ2) is 6.15. The first-order valence-electron chi connectivity index (χ1n) is 7.96. The number of carbonyl (C=O) groups excluding carboxylic acids is 1. The maximum atomic E-state index is 12.1. The molecule has 4 nitrogen and oxygen atoms in total. The fraction of sp³-hybridized carbons (Fsp3) is 0.875. The van der Waals surface area contributed by atoms with Crippen LogP contribution >= 0.6 is 0 Å². The summed E-state index contributed by atoms with van der Waals surface area (Å²) in [6, 6.07) is 0. The first-order chi connectivity index (χ1) is 9.46. The van der Waals surface area contributed by atoms with Crippen LogP contribution in [0.3, 0.4) is 0 Å². The number of hydrogen-bond donors (Lipinski definition) is 2. The highest BCUT2D eigenvalue weighted by Crippen LogP contribution is 2.44. The monoisotopic (exact) mass is 281 g/mol. The summed E-state index contributed by atoms with van der Waals surface area (Å²) in [5.74, 6) is -0.892. The van der Waals surface area contributed by atoms with Gasteiger partial charge in [-0.15, -0.1) is 0 Å². The molecular weight excluding hydrogens is 254 g/mol. The van der Waals surface area contributed by atoms with Gasteiger partial charge < -0.3 is 10.4 Å². The Bertz CT molecular complexity index is 366. The van der Waals surface area contributed by atoms with E-state index >= 15 is 0 Å². The van der Waals surface area contributed by atoms with Crippen molar-refractivity contribution in [3.05, 3.63) is 0 Å². The average molecular weight is 281 g/mol. The molecule has 2 fully saturated rings. The molecule has 0 heterocycles. The number of carboxylic acids is 1. The molecular formula is C16H27NO3. The fourth-order valence-electron chi connectivity index (χ4n) is 3.51. The molecule has 0 saturated heterocycles. The molecule has 2 aliphatic carbocycles. The van der Waals surface area contributed by atoms with E-state index in [1.165, 1.54) is 25.7 Å². The number of hydrogen-bond acceptors (Lipinski definition) is 2. The Labute approximate surface area is 121 Å². The first kappa shape index (κ1) is 15.3. The smallest absolute Gasteiger partial charge is 0.310 e. The van der Waals surface area contributed by atoms with Gasteiger partial charge in [0.25, 0.3) is 0 Å². The van der Waals surface area contributed by atoms with Gasteiger partial charge in [-0.05, 0) is 31.1 Å². The lowest BCUT2D eigenvalue weighted by molar-refractivity contribution is -0.157. The molecule has 0 aromatic carbocycles. The van der Waals surface area contributed by atoms with Crippen molar-refractivity contribution < 1.29 is 14.7 Å². The Balaban J connectivity index is 1.81. The number of rotatable bonds is 5. The van der Waals surface area contributed by atoms with Crippen molar-refractivity contribution in [2.75, 3.05) is 6.54 Å². The van der Waals surface area contributed by atoms with Gasteiger partial charge in [0.1, 0.15) is 0 Å². The van der Waals surface area contributed by atoms with E-state index in [1.807, 2.05) is 0 Å². The lowest BCUT2D eigenvalue weighted by Crippen LogP contribution is -2.44. The normalized spacial score (nSPS) is 24.2. The number of carbonyl (C=O) groups is 2. The molecule has 0 aromatic heterocycles. The average Bonchev–Trinajstić information content (AvgIpc) is 2.56. The van der Waals surface area contributed by atoms with E-state index in [1.54, 1.807) is 0 Å². The van der Waals surface area contributed by atoms with E-state index in [0.29, 0.717) is 19.4 Å². The highest BCUT2D eigenvalue weighted by Gasteiger charge is 2.46. The van der Waals surface area contributed by atoms with Gasteiger partial charge in [-0.1, -0.05) is 39.0 Å². The van der Waals surface area contributed by atoms with Crippen LogP contribution in [0.15, 0.2) is 0 Å². The second-order valence-electron chi connectivity index (χ2n) is 7.12. The Hall–Kier alpha value is -1.06. The van der Waals surface area contributed by atoms with Crippen molar-refractivity contribution in [3.8, 4) is 0 Å². The second-order valence-corrected chi connectivity index (χ2v) is 7.12. The minimum atomic E-state index is -0.806. The quantitative estimate of drug-likeness (QED) is 0.761. The van der Waals surface area contributed by atoms with Crippen LogP contribution in [0.2, 0.25) is 0 Å². The van der Waals surface area contributed by atoms with Crippen molar-refractivity contribution in [2.24, 2.45) is 10.8 Å². The van der Waals surface area contributed by atoms with Crippen LogP contribution in [0, 0.1) is 10.8 Å². The van der Waals surface area contributed by atoms with Crippen molar-refractivity contribution in [1.82, 2.24) is 5.32 Å². The van der Waals surface area contributed by atoms with Crippen LogP contribution in [-0.4, -0.2) is 23.5 Å². The summed E-state index contributed by atoms with van der Waals surface area (Å²) in [6.07, 6.45) is 9.78. The van der Waals surface area contributed by atoms with Gasteiger partial charge in [0.05, 0.1) is 5.41 Å². The zero-order valence-electron chi connectivity index (χ0n) is 12.5. The highest BCUT2D eigenvalue weighted by molar-refractivity contribution is 5.85. The zero-order valence-corrected chi connectivity index (χ0v) is 12.5. The maximum Gasteiger partial charge on any atom is 0.310 e. The van der Waals surface area contributed by atoms with Crippen LogP contribution in [0.4, 0.5) is 0 Å². The van der Waals surface area contributed by atoms with Crippen LogP contribution in [-0.2, 0) is 9.59 Å². The summed E-state index contributed by atoms with van der Waals surface area (Å²) >= 11 is 0. The molecule has 0 radical (unpaired) electrons. The summed E-state index contributed by atoms with van der Waals surface area (Å²) < 4.78 is 0. The minimum absolute atomic E-state index is 0.0856. The summed E-state index contributed by atoms with van der Waals surface area (Å²) in [4.78, 5) is 23.3. The molecule has 2 N–H and O–H groups in total.